The number of halogens is 1. The lowest BCUT2D eigenvalue weighted by Crippen LogP contribution is -2.30. The first-order valence-electron chi connectivity index (χ1n) is 6.25. The van der Waals surface area contributed by atoms with Crippen molar-refractivity contribution in [3.63, 3.8) is 0 Å². The van der Waals surface area contributed by atoms with Crippen LogP contribution in [0.3, 0.4) is 0 Å². The second-order valence-electron chi connectivity index (χ2n) is 5.19. The monoisotopic (exact) mass is 318 g/mol. The Morgan fingerprint density at radius 2 is 2.11 bits per heavy atom. The number of rotatable bonds is 6. The number of ether oxygens (including phenoxy) is 1. The molecule has 0 aliphatic rings. The van der Waals surface area contributed by atoms with Gasteiger partial charge in [-0.25, -0.2) is 0 Å². The minimum Gasteiger partial charge on any atom is -0.393 e. The number of methoxy groups -OCH3 is 1. The summed E-state index contributed by atoms with van der Waals surface area (Å²) in [6.45, 7) is 8.78. The number of aromatic nitrogens is 2. The van der Waals surface area contributed by atoms with Crippen molar-refractivity contribution in [3.05, 3.63) is 15.9 Å². The molecular formula is C13H23BrN2O2. The molecular weight excluding hydrogens is 296 g/mol. The molecule has 0 radical (unpaired) electrons. The predicted octanol–water partition coefficient (Wildman–Crippen LogP) is 2.69. The molecule has 1 heterocycles. The maximum absolute atomic E-state index is 10.2. The third-order valence-corrected chi connectivity index (χ3v) is 4.19. The fourth-order valence-corrected chi connectivity index (χ4v) is 2.46. The lowest BCUT2D eigenvalue weighted by Gasteiger charge is -2.26. The SMILES string of the molecule is CCn1nc(C)c(Br)c1CC(O)CC(C)(C)OC. The van der Waals surface area contributed by atoms with E-state index in [4.69, 9.17) is 4.74 Å². The summed E-state index contributed by atoms with van der Waals surface area (Å²) in [6.07, 6.45) is 0.754. The van der Waals surface area contributed by atoms with E-state index in [1.165, 1.54) is 0 Å². The number of hydrogen-bond donors (Lipinski definition) is 1. The molecule has 4 nitrogen and oxygen atoms in total. The Labute approximate surface area is 117 Å². The van der Waals surface area contributed by atoms with E-state index in [0.717, 1.165) is 22.4 Å². The zero-order valence-corrected chi connectivity index (χ0v) is 13.4. The molecule has 0 saturated carbocycles. The van der Waals surface area contributed by atoms with Crippen molar-refractivity contribution in [1.29, 1.82) is 0 Å². The van der Waals surface area contributed by atoms with E-state index in [-0.39, 0.29) is 5.60 Å². The minimum atomic E-state index is -0.433. The van der Waals surface area contributed by atoms with Gasteiger partial charge in [0.2, 0.25) is 0 Å². The summed E-state index contributed by atoms with van der Waals surface area (Å²) in [5.74, 6) is 0. The number of aliphatic hydroxyl groups excluding tert-OH is 1. The summed E-state index contributed by atoms with van der Waals surface area (Å²) in [7, 11) is 1.67. The highest BCUT2D eigenvalue weighted by Gasteiger charge is 2.24. The van der Waals surface area contributed by atoms with Gasteiger partial charge in [0.15, 0.2) is 0 Å². The van der Waals surface area contributed by atoms with Crippen LogP contribution in [0.4, 0.5) is 0 Å². The lowest BCUT2D eigenvalue weighted by molar-refractivity contribution is -0.0194. The van der Waals surface area contributed by atoms with Crippen molar-refractivity contribution in [2.45, 2.75) is 58.8 Å². The van der Waals surface area contributed by atoms with E-state index in [0.29, 0.717) is 12.8 Å². The van der Waals surface area contributed by atoms with Crippen LogP contribution in [0.2, 0.25) is 0 Å². The highest BCUT2D eigenvalue weighted by molar-refractivity contribution is 9.10. The molecule has 0 spiro atoms. The molecule has 0 aliphatic heterocycles. The summed E-state index contributed by atoms with van der Waals surface area (Å²) in [4.78, 5) is 0. The number of aryl methyl sites for hydroxylation is 2. The first-order valence-corrected chi connectivity index (χ1v) is 7.05. The van der Waals surface area contributed by atoms with Gasteiger partial charge in [-0.2, -0.15) is 5.10 Å². The maximum Gasteiger partial charge on any atom is 0.0738 e. The molecule has 18 heavy (non-hydrogen) atoms. The van der Waals surface area contributed by atoms with Gasteiger partial charge < -0.3 is 9.84 Å². The normalized spacial score (nSPS) is 13.9. The van der Waals surface area contributed by atoms with Gasteiger partial charge in [-0.15, -0.1) is 0 Å². The molecule has 0 amide bonds. The van der Waals surface area contributed by atoms with Gasteiger partial charge >= 0.3 is 0 Å². The Morgan fingerprint density at radius 3 is 2.61 bits per heavy atom. The Morgan fingerprint density at radius 1 is 1.50 bits per heavy atom. The van der Waals surface area contributed by atoms with Crippen molar-refractivity contribution in [1.82, 2.24) is 9.78 Å². The summed E-state index contributed by atoms with van der Waals surface area (Å²) in [5.41, 5.74) is 1.71. The largest absolute Gasteiger partial charge is 0.393 e. The molecule has 0 aromatic carbocycles. The Hall–Kier alpha value is -0.390. The average Bonchev–Trinajstić information content (AvgIpc) is 2.56. The summed E-state index contributed by atoms with van der Waals surface area (Å²) in [6, 6.07) is 0. The number of hydrogen-bond acceptors (Lipinski definition) is 3. The van der Waals surface area contributed by atoms with Crippen LogP contribution in [0.1, 0.15) is 38.6 Å². The van der Waals surface area contributed by atoms with E-state index in [1.54, 1.807) is 7.11 Å². The second kappa shape index (κ2) is 6.17. The zero-order chi connectivity index (χ0) is 13.9. The summed E-state index contributed by atoms with van der Waals surface area (Å²) >= 11 is 3.54. The third kappa shape index (κ3) is 3.80. The Balaban J connectivity index is 2.78. The van der Waals surface area contributed by atoms with E-state index in [9.17, 15) is 5.11 Å². The van der Waals surface area contributed by atoms with E-state index >= 15 is 0 Å². The minimum absolute atomic E-state index is 0.308. The van der Waals surface area contributed by atoms with Crippen LogP contribution in [0, 0.1) is 6.92 Å². The van der Waals surface area contributed by atoms with Crippen molar-refractivity contribution in [3.8, 4) is 0 Å². The van der Waals surface area contributed by atoms with Gasteiger partial charge in [0.25, 0.3) is 0 Å². The second-order valence-corrected chi connectivity index (χ2v) is 5.98. The first-order chi connectivity index (χ1) is 8.30. The van der Waals surface area contributed by atoms with Gasteiger partial charge in [-0.3, -0.25) is 4.68 Å². The summed E-state index contributed by atoms with van der Waals surface area (Å²) in [5, 5.41) is 14.6. The van der Waals surface area contributed by atoms with Crippen molar-refractivity contribution in [2.24, 2.45) is 0 Å². The number of nitrogens with zero attached hydrogens (tertiary/aromatic N) is 2. The highest BCUT2D eigenvalue weighted by Crippen LogP contribution is 2.25. The van der Waals surface area contributed by atoms with Crippen LogP contribution in [0.5, 0.6) is 0 Å². The average molecular weight is 319 g/mol. The molecule has 1 aromatic heterocycles. The molecule has 0 fully saturated rings. The van der Waals surface area contributed by atoms with Gasteiger partial charge in [0.1, 0.15) is 0 Å². The first kappa shape index (κ1) is 15.7. The topological polar surface area (TPSA) is 47.3 Å². The van der Waals surface area contributed by atoms with Crippen LogP contribution in [-0.4, -0.2) is 33.7 Å². The van der Waals surface area contributed by atoms with Crippen molar-refractivity contribution >= 4 is 15.9 Å². The van der Waals surface area contributed by atoms with E-state index < -0.39 is 6.10 Å². The van der Waals surface area contributed by atoms with E-state index in [2.05, 4.69) is 21.0 Å². The standard InChI is InChI=1S/C13H23BrN2O2/c1-6-16-11(12(14)9(2)15-16)7-10(17)8-13(3,4)18-5/h10,17H,6-8H2,1-5H3. The Kier molecular flexibility index (Phi) is 5.37. The maximum atomic E-state index is 10.2. The Bertz CT molecular complexity index is 402. The van der Waals surface area contributed by atoms with Crippen LogP contribution in [-0.2, 0) is 17.7 Å². The molecule has 1 atom stereocenters. The molecule has 104 valence electrons. The van der Waals surface area contributed by atoms with Gasteiger partial charge in [-0.05, 0) is 43.6 Å². The lowest BCUT2D eigenvalue weighted by atomic mass is 9.98. The van der Waals surface area contributed by atoms with Crippen molar-refractivity contribution < 1.29 is 9.84 Å². The number of aliphatic hydroxyl groups is 1. The van der Waals surface area contributed by atoms with Crippen LogP contribution in [0.15, 0.2) is 4.47 Å². The van der Waals surface area contributed by atoms with Gasteiger partial charge in [-0.1, -0.05) is 0 Å². The molecule has 1 unspecified atom stereocenters. The van der Waals surface area contributed by atoms with Crippen molar-refractivity contribution in [2.75, 3.05) is 7.11 Å². The zero-order valence-electron chi connectivity index (χ0n) is 11.8. The highest BCUT2D eigenvalue weighted by atomic mass is 79.9. The third-order valence-electron chi connectivity index (χ3n) is 3.16. The van der Waals surface area contributed by atoms with Gasteiger partial charge in [0.05, 0.1) is 27.6 Å². The molecule has 1 N–H and O–H groups in total. The van der Waals surface area contributed by atoms with Gasteiger partial charge in [0, 0.05) is 26.5 Å². The predicted molar refractivity (Wildman–Crippen MR) is 75.8 cm³/mol. The fraction of sp³-hybridized carbons (Fsp3) is 0.769. The molecule has 0 bridgehead atoms. The smallest absolute Gasteiger partial charge is 0.0738 e. The fourth-order valence-electron chi connectivity index (χ4n) is 2.01. The summed E-state index contributed by atoms with van der Waals surface area (Å²) < 4.78 is 8.28. The molecule has 0 saturated heterocycles. The molecule has 0 aliphatic carbocycles. The van der Waals surface area contributed by atoms with E-state index in [1.807, 2.05) is 32.4 Å². The molecule has 1 rings (SSSR count). The quantitative estimate of drug-likeness (QED) is 0.877. The molecule has 1 aromatic rings. The van der Waals surface area contributed by atoms with Crippen LogP contribution < -0.4 is 0 Å². The molecule has 5 heteroatoms. The van der Waals surface area contributed by atoms with Crippen LogP contribution >= 0.6 is 15.9 Å². The van der Waals surface area contributed by atoms with Crippen LogP contribution in [0.25, 0.3) is 0 Å².